The van der Waals surface area contributed by atoms with Crippen molar-refractivity contribution in [3.05, 3.63) is 22.2 Å². The first-order valence-corrected chi connectivity index (χ1v) is 7.04. The van der Waals surface area contributed by atoms with Crippen LogP contribution in [-0.2, 0) is 0 Å². The van der Waals surface area contributed by atoms with Crippen molar-refractivity contribution >= 4 is 5.82 Å². The molecule has 0 amide bonds. The summed E-state index contributed by atoms with van der Waals surface area (Å²) in [4.78, 5) is 21.2. The fourth-order valence-electron chi connectivity index (χ4n) is 2.08. The van der Waals surface area contributed by atoms with Gasteiger partial charge in [-0.3, -0.25) is 9.69 Å². The number of rotatable bonds is 6. The lowest BCUT2D eigenvalue weighted by Gasteiger charge is -2.24. The van der Waals surface area contributed by atoms with Gasteiger partial charge in [0.25, 0.3) is 5.56 Å². The van der Waals surface area contributed by atoms with E-state index < -0.39 is 0 Å². The van der Waals surface area contributed by atoms with Crippen LogP contribution in [0.4, 0.5) is 5.82 Å². The normalized spacial score (nSPS) is 16.9. The van der Waals surface area contributed by atoms with Crippen LogP contribution in [0.15, 0.2) is 10.9 Å². The Morgan fingerprint density at radius 1 is 1.47 bits per heavy atom. The van der Waals surface area contributed by atoms with E-state index in [1.165, 1.54) is 18.9 Å². The van der Waals surface area contributed by atoms with Crippen molar-refractivity contribution in [2.75, 3.05) is 18.9 Å². The van der Waals surface area contributed by atoms with Crippen LogP contribution in [0.3, 0.4) is 0 Å². The Bertz CT molecular complexity index is 479. The van der Waals surface area contributed by atoms with E-state index >= 15 is 0 Å². The van der Waals surface area contributed by atoms with Gasteiger partial charge in [-0.2, -0.15) is 0 Å². The Labute approximate surface area is 114 Å². The third-order valence-corrected chi connectivity index (χ3v) is 3.70. The molecule has 5 nitrogen and oxygen atoms in total. The molecule has 106 valence electrons. The van der Waals surface area contributed by atoms with Crippen molar-refractivity contribution in [1.29, 1.82) is 0 Å². The molecule has 1 heterocycles. The van der Waals surface area contributed by atoms with Crippen molar-refractivity contribution in [2.24, 2.45) is 0 Å². The van der Waals surface area contributed by atoms with Crippen LogP contribution in [-0.4, -0.2) is 40.5 Å². The fourth-order valence-corrected chi connectivity index (χ4v) is 2.08. The van der Waals surface area contributed by atoms with E-state index in [1.807, 2.05) is 13.8 Å². The smallest absolute Gasteiger partial charge is 0.252 e. The number of nitrogens with one attached hydrogen (secondary N) is 2. The maximum absolute atomic E-state index is 11.6. The summed E-state index contributed by atoms with van der Waals surface area (Å²) in [6, 6.07) is 2.71. The second-order valence-electron chi connectivity index (χ2n) is 5.80. The number of aromatic amines is 1. The quantitative estimate of drug-likeness (QED) is 0.822. The Kier molecular flexibility index (Phi) is 4.24. The summed E-state index contributed by atoms with van der Waals surface area (Å²) in [6.07, 6.45) is 2.61. The van der Waals surface area contributed by atoms with E-state index in [1.54, 1.807) is 0 Å². The van der Waals surface area contributed by atoms with Gasteiger partial charge in [0, 0.05) is 30.6 Å². The van der Waals surface area contributed by atoms with Crippen molar-refractivity contribution in [3.63, 3.8) is 0 Å². The molecule has 1 aromatic rings. The van der Waals surface area contributed by atoms with Crippen molar-refractivity contribution in [1.82, 2.24) is 14.9 Å². The van der Waals surface area contributed by atoms with Crippen molar-refractivity contribution < 1.29 is 0 Å². The minimum absolute atomic E-state index is 0.0931. The molecule has 5 heteroatoms. The highest BCUT2D eigenvalue weighted by molar-refractivity contribution is 5.33. The third-order valence-electron chi connectivity index (χ3n) is 3.70. The number of aromatic nitrogens is 2. The predicted octanol–water partition coefficient (Wildman–Crippen LogP) is 1.79. The van der Waals surface area contributed by atoms with Gasteiger partial charge in [-0.1, -0.05) is 13.8 Å². The molecular weight excluding hydrogens is 240 g/mol. The van der Waals surface area contributed by atoms with E-state index in [-0.39, 0.29) is 11.5 Å². The maximum atomic E-state index is 11.6. The molecule has 0 radical (unpaired) electrons. The Hall–Kier alpha value is -1.36. The molecule has 1 fully saturated rings. The number of nitrogens with zero attached hydrogens (tertiary/aromatic N) is 2. The zero-order valence-corrected chi connectivity index (χ0v) is 12.2. The molecule has 2 N–H and O–H groups in total. The summed E-state index contributed by atoms with van der Waals surface area (Å²) < 4.78 is 0. The summed E-state index contributed by atoms with van der Waals surface area (Å²) in [5.74, 6) is 1.63. The van der Waals surface area contributed by atoms with Crippen LogP contribution in [0, 0.1) is 0 Å². The lowest BCUT2D eigenvalue weighted by atomic mass is 10.2. The zero-order valence-electron chi connectivity index (χ0n) is 12.2. The molecule has 0 aliphatic heterocycles. The highest BCUT2D eigenvalue weighted by Crippen LogP contribution is 2.26. The molecule has 19 heavy (non-hydrogen) atoms. The topological polar surface area (TPSA) is 61.0 Å². The minimum Gasteiger partial charge on any atom is -0.368 e. The molecule has 2 rings (SSSR count). The lowest BCUT2D eigenvalue weighted by Crippen LogP contribution is -2.36. The van der Waals surface area contributed by atoms with E-state index in [0.717, 1.165) is 18.4 Å². The van der Waals surface area contributed by atoms with Gasteiger partial charge in [0.2, 0.25) is 0 Å². The molecule has 0 saturated heterocycles. The summed E-state index contributed by atoms with van der Waals surface area (Å²) in [5, 5.41) is 3.27. The highest BCUT2D eigenvalue weighted by Gasteiger charge is 2.28. The standard InChI is InChI=1S/C14H24N4O/c1-9(2)14-16-12(7-13(19)17-14)15-8-10(3)18(4)11-5-6-11/h7,9-11H,5-6,8H2,1-4H3,(H2,15,16,17,19). The number of anilines is 1. The van der Waals surface area contributed by atoms with Crippen LogP contribution in [0.25, 0.3) is 0 Å². The van der Waals surface area contributed by atoms with E-state index in [2.05, 4.69) is 34.2 Å². The second-order valence-corrected chi connectivity index (χ2v) is 5.80. The molecule has 0 aromatic carbocycles. The molecule has 0 spiro atoms. The van der Waals surface area contributed by atoms with Crippen LogP contribution >= 0.6 is 0 Å². The molecule has 1 aliphatic rings. The minimum atomic E-state index is -0.0931. The molecule has 1 aliphatic carbocycles. The van der Waals surface area contributed by atoms with Crippen LogP contribution in [0.1, 0.15) is 45.4 Å². The van der Waals surface area contributed by atoms with Gasteiger partial charge in [0.05, 0.1) is 0 Å². The fraction of sp³-hybridized carbons (Fsp3) is 0.714. The Morgan fingerprint density at radius 3 is 2.74 bits per heavy atom. The maximum Gasteiger partial charge on any atom is 0.252 e. The number of hydrogen-bond acceptors (Lipinski definition) is 4. The molecule has 0 bridgehead atoms. The summed E-state index contributed by atoms with van der Waals surface area (Å²) in [5.41, 5.74) is -0.0931. The first kappa shape index (κ1) is 14.1. The average Bonchev–Trinajstić information content (AvgIpc) is 3.18. The van der Waals surface area contributed by atoms with Gasteiger partial charge >= 0.3 is 0 Å². The van der Waals surface area contributed by atoms with Crippen LogP contribution in [0.5, 0.6) is 0 Å². The Balaban J connectivity index is 1.96. The average molecular weight is 264 g/mol. The number of likely N-dealkylation sites (N-methyl/N-ethyl adjacent to an activating group) is 1. The van der Waals surface area contributed by atoms with Crippen molar-refractivity contribution in [3.8, 4) is 0 Å². The van der Waals surface area contributed by atoms with Gasteiger partial charge in [-0.25, -0.2) is 4.98 Å². The van der Waals surface area contributed by atoms with E-state index in [4.69, 9.17) is 0 Å². The molecule has 1 aromatic heterocycles. The molecule has 1 atom stereocenters. The van der Waals surface area contributed by atoms with Gasteiger partial charge < -0.3 is 10.3 Å². The summed E-state index contributed by atoms with van der Waals surface area (Å²) in [7, 11) is 2.16. The zero-order chi connectivity index (χ0) is 14.0. The van der Waals surface area contributed by atoms with Gasteiger partial charge in [0.1, 0.15) is 11.6 Å². The molecule has 1 saturated carbocycles. The number of H-pyrrole nitrogens is 1. The first-order chi connectivity index (χ1) is 8.97. The SMILES string of the molecule is CC(C)c1nc(NCC(C)N(C)C2CC2)cc(=O)[nH]1. The third kappa shape index (κ3) is 3.80. The highest BCUT2D eigenvalue weighted by atomic mass is 16.1. The molecular formula is C14H24N4O. The first-order valence-electron chi connectivity index (χ1n) is 7.04. The van der Waals surface area contributed by atoms with Crippen molar-refractivity contribution in [2.45, 2.75) is 51.6 Å². The van der Waals surface area contributed by atoms with Gasteiger partial charge in [-0.15, -0.1) is 0 Å². The van der Waals surface area contributed by atoms with Gasteiger partial charge in [-0.05, 0) is 26.8 Å². The molecule has 1 unspecified atom stereocenters. The van der Waals surface area contributed by atoms with Gasteiger partial charge in [0.15, 0.2) is 0 Å². The lowest BCUT2D eigenvalue weighted by molar-refractivity contribution is 0.257. The van der Waals surface area contributed by atoms with Crippen LogP contribution < -0.4 is 10.9 Å². The number of hydrogen-bond donors (Lipinski definition) is 2. The summed E-state index contributed by atoms with van der Waals surface area (Å²) in [6.45, 7) is 7.04. The van der Waals surface area contributed by atoms with E-state index in [0.29, 0.717) is 11.9 Å². The largest absolute Gasteiger partial charge is 0.368 e. The monoisotopic (exact) mass is 264 g/mol. The second kappa shape index (κ2) is 5.74. The summed E-state index contributed by atoms with van der Waals surface area (Å²) >= 11 is 0. The van der Waals surface area contributed by atoms with E-state index in [9.17, 15) is 4.79 Å². The Morgan fingerprint density at radius 2 is 2.16 bits per heavy atom. The van der Waals surface area contributed by atoms with Crippen LogP contribution in [0.2, 0.25) is 0 Å². The predicted molar refractivity (Wildman–Crippen MR) is 77.7 cm³/mol.